The van der Waals surface area contributed by atoms with E-state index in [1.165, 1.54) is 29.6 Å². The predicted octanol–water partition coefficient (Wildman–Crippen LogP) is 6.92. The molecule has 0 amide bonds. The summed E-state index contributed by atoms with van der Waals surface area (Å²) in [5.74, 6) is 4.09. The molecular weight excluding hydrogens is 380 g/mol. The van der Waals surface area contributed by atoms with E-state index in [0.717, 1.165) is 44.4 Å². The number of fused-ring (bicyclic) bond motifs is 5. The van der Waals surface area contributed by atoms with Gasteiger partial charge in [-0.25, -0.2) is 0 Å². The summed E-state index contributed by atoms with van der Waals surface area (Å²) in [5, 5.41) is 21.6. The monoisotopic (exact) mass is 428 g/mol. The zero-order valence-electron chi connectivity index (χ0n) is 21.2. The second-order valence-corrected chi connectivity index (χ2v) is 12.8. The lowest BCUT2D eigenvalue weighted by molar-refractivity contribution is -0.0280. The van der Waals surface area contributed by atoms with Gasteiger partial charge in [0.1, 0.15) is 0 Å². The normalized spacial score (nSPS) is 46.0. The summed E-state index contributed by atoms with van der Waals surface area (Å²) < 4.78 is 0. The summed E-state index contributed by atoms with van der Waals surface area (Å²) in [7, 11) is 0. The number of allylic oxidation sites excluding steroid dienone is 2. The van der Waals surface area contributed by atoms with Crippen LogP contribution in [0, 0.1) is 46.3 Å². The Balaban J connectivity index is 1.61. The molecule has 3 fully saturated rings. The van der Waals surface area contributed by atoms with Crippen LogP contribution in [0.5, 0.6) is 0 Å². The van der Waals surface area contributed by atoms with Gasteiger partial charge in [0, 0.05) is 0 Å². The van der Waals surface area contributed by atoms with E-state index in [2.05, 4.69) is 54.5 Å². The van der Waals surface area contributed by atoms with Crippen molar-refractivity contribution in [2.75, 3.05) is 0 Å². The summed E-state index contributed by atoms with van der Waals surface area (Å²) in [6.45, 7) is 16.8. The Kier molecular flexibility index (Phi) is 6.32. The van der Waals surface area contributed by atoms with Crippen LogP contribution in [0.15, 0.2) is 22.8 Å². The van der Waals surface area contributed by atoms with Gasteiger partial charge >= 0.3 is 0 Å². The smallest absolute Gasteiger partial charge is 0.0761 e. The molecule has 0 unspecified atom stereocenters. The molecule has 176 valence electrons. The maximum atomic E-state index is 11.3. The molecule has 0 aromatic rings. The molecule has 31 heavy (non-hydrogen) atoms. The molecule has 2 heteroatoms. The van der Waals surface area contributed by atoms with Crippen LogP contribution >= 0.6 is 0 Å². The van der Waals surface area contributed by atoms with Gasteiger partial charge in [0.05, 0.1) is 12.2 Å². The Morgan fingerprint density at radius 1 is 1.03 bits per heavy atom. The number of aliphatic hydroxyl groups is 2. The fourth-order valence-corrected chi connectivity index (χ4v) is 8.68. The first-order valence-corrected chi connectivity index (χ1v) is 13.2. The van der Waals surface area contributed by atoms with Crippen molar-refractivity contribution in [3.8, 4) is 0 Å². The highest BCUT2D eigenvalue weighted by molar-refractivity contribution is 5.34. The van der Waals surface area contributed by atoms with Crippen LogP contribution in [0.25, 0.3) is 0 Å². The molecule has 0 aliphatic heterocycles. The predicted molar refractivity (Wildman–Crippen MR) is 130 cm³/mol. The minimum Gasteiger partial charge on any atom is -0.393 e. The highest BCUT2D eigenvalue weighted by Gasteiger charge is 2.59. The molecule has 3 saturated carbocycles. The molecule has 4 aliphatic carbocycles. The summed E-state index contributed by atoms with van der Waals surface area (Å²) in [6, 6.07) is 0. The molecule has 0 saturated heterocycles. The number of hydrogen-bond donors (Lipinski definition) is 2. The summed E-state index contributed by atoms with van der Waals surface area (Å²) in [4.78, 5) is 0. The zero-order valence-corrected chi connectivity index (χ0v) is 21.2. The van der Waals surface area contributed by atoms with Gasteiger partial charge in [0.2, 0.25) is 0 Å². The van der Waals surface area contributed by atoms with E-state index in [4.69, 9.17) is 0 Å². The lowest BCUT2D eigenvalue weighted by Gasteiger charge is -2.57. The summed E-state index contributed by atoms with van der Waals surface area (Å²) in [5.41, 5.74) is 4.88. The van der Waals surface area contributed by atoms with Gasteiger partial charge in [-0.2, -0.15) is 0 Å². The minimum atomic E-state index is -0.248. The molecule has 4 rings (SSSR count). The Labute approximate surface area is 191 Å². The van der Waals surface area contributed by atoms with Gasteiger partial charge in [-0.15, -0.1) is 0 Å². The van der Waals surface area contributed by atoms with Gasteiger partial charge in [0.15, 0.2) is 0 Å². The highest BCUT2D eigenvalue weighted by Crippen LogP contribution is 2.66. The Hall–Kier alpha value is -0.600. The van der Waals surface area contributed by atoms with Crippen LogP contribution in [0.2, 0.25) is 0 Å². The Morgan fingerprint density at radius 3 is 2.39 bits per heavy atom. The largest absolute Gasteiger partial charge is 0.393 e. The molecule has 0 aromatic heterocycles. The molecule has 0 spiro atoms. The fourth-order valence-electron chi connectivity index (χ4n) is 8.68. The molecule has 0 radical (unpaired) electrons. The molecular formula is C29H48O2. The van der Waals surface area contributed by atoms with Gasteiger partial charge in [-0.05, 0) is 110 Å². The van der Waals surface area contributed by atoms with Crippen molar-refractivity contribution >= 4 is 0 Å². The SMILES string of the molecule is C/C(C[C@@H](C)[C@H](C)C(C)C)=C1/[C@H](O)C[C@H]2[C@@H]3CC=C4C[C@@H](O)CC[C@]4(C)[C@H]3CC[C@]12C. The molecule has 0 aromatic carbocycles. The first-order valence-electron chi connectivity index (χ1n) is 13.2. The average Bonchev–Trinajstić information content (AvgIpc) is 2.97. The second kappa shape index (κ2) is 8.32. The fraction of sp³-hybridized carbons (Fsp3) is 0.862. The highest BCUT2D eigenvalue weighted by atomic mass is 16.3. The van der Waals surface area contributed by atoms with E-state index in [1.54, 1.807) is 0 Å². The van der Waals surface area contributed by atoms with Crippen LogP contribution in [0.4, 0.5) is 0 Å². The van der Waals surface area contributed by atoms with E-state index in [9.17, 15) is 10.2 Å². The molecule has 0 heterocycles. The van der Waals surface area contributed by atoms with E-state index in [-0.39, 0.29) is 23.0 Å². The van der Waals surface area contributed by atoms with Crippen molar-refractivity contribution in [3.63, 3.8) is 0 Å². The second-order valence-electron chi connectivity index (χ2n) is 12.8. The number of rotatable bonds is 4. The maximum absolute atomic E-state index is 11.3. The van der Waals surface area contributed by atoms with Crippen molar-refractivity contribution in [2.24, 2.45) is 46.3 Å². The van der Waals surface area contributed by atoms with E-state index in [0.29, 0.717) is 29.6 Å². The van der Waals surface area contributed by atoms with Crippen molar-refractivity contribution in [1.82, 2.24) is 0 Å². The number of hydrogen-bond acceptors (Lipinski definition) is 2. The van der Waals surface area contributed by atoms with E-state index >= 15 is 0 Å². The van der Waals surface area contributed by atoms with Gasteiger partial charge in [0.25, 0.3) is 0 Å². The molecule has 4 aliphatic rings. The van der Waals surface area contributed by atoms with Crippen molar-refractivity contribution in [3.05, 3.63) is 22.8 Å². The third kappa shape index (κ3) is 3.78. The zero-order chi connectivity index (χ0) is 22.7. The van der Waals surface area contributed by atoms with Crippen molar-refractivity contribution in [1.29, 1.82) is 0 Å². The van der Waals surface area contributed by atoms with E-state index < -0.39 is 0 Å². The molecule has 9 atom stereocenters. The van der Waals surface area contributed by atoms with Gasteiger partial charge in [-0.1, -0.05) is 58.8 Å². The first kappa shape index (κ1) is 23.6. The quantitative estimate of drug-likeness (QED) is 0.477. The third-order valence-corrected chi connectivity index (χ3v) is 10.9. The molecule has 2 N–H and O–H groups in total. The summed E-state index contributed by atoms with van der Waals surface area (Å²) >= 11 is 0. The summed E-state index contributed by atoms with van der Waals surface area (Å²) in [6.07, 6.45) is 10.8. The van der Waals surface area contributed by atoms with Gasteiger partial charge in [-0.3, -0.25) is 0 Å². The van der Waals surface area contributed by atoms with Crippen LogP contribution in [0.3, 0.4) is 0 Å². The van der Waals surface area contributed by atoms with Crippen LogP contribution in [-0.4, -0.2) is 22.4 Å². The minimum absolute atomic E-state index is 0.134. The number of aliphatic hydroxyl groups excluding tert-OH is 2. The lowest BCUT2D eigenvalue weighted by Crippen LogP contribution is -2.49. The van der Waals surface area contributed by atoms with E-state index in [1.807, 2.05) is 0 Å². The van der Waals surface area contributed by atoms with Gasteiger partial charge < -0.3 is 10.2 Å². The Bertz CT molecular complexity index is 748. The lowest BCUT2D eigenvalue weighted by atomic mass is 9.47. The van der Waals surface area contributed by atoms with Crippen molar-refractivity contribution in [2.45, 2.75) is 112 Å². The first-order chi connectivity index (χ1) is 14.5. The average molecular weight is 429 g/mol. The topological polar surface area (TPSA) is 40.5 Å². The maximum Gasteiger partial charge on any atom is 0.0761 e. The standard InChI is InChI=1S/C29H48O2/c1-17(2)20(5)18(3)14-19(4)27-26(31)16-25-23-9-8-21-15-22(30)10-12-28(21,6)24(23)11-13-29(25,27)7/h8,17-18,20,22-26,30-31H,9-16H2,1-7H3/b27-19+/t18-,20-,22+,23-,24+,25+,26-,28+,29+/m1/s1. The van der Waals surface area contributed by atoms with Crippen molar-refractivity contribution < 1.29 is 10.2 Å². The molecule has 2 nitrogen and oxygen atoms in total. The van der Waals surface area contributed by atoms with Crippen LogP contribution in [-0.2, 0) is 0 Å². The third-order valence-electron chi connectivity index (χ3n) is 10.9. The Morgan fingerprint density at radius 2 is 1.71 bits per heavy atom. The van der Waals surface area contributed by atoms with Crippen LogP contribution in [0.1, 0.15) is 99.8 Å². The molecule has 0 bridgehead atoms. The van der Waals surface area contributed by atoms with Crippen LogP contribution < -0.4 is 0 Å².